The molecule has 0 amide bonds. The van der Waals surface area contributed by atoms with Crippen molar-refractivity contribution in [1.82, 2.24) is 4.90 Å². The van der Waals surface area contributed by atoms with E-state index in [0.29, 0.717) is 17.6 Å². The number of aliphatic hydroxyl groups is 2. The molecule has 2 N–H and O–H groups in total. The van der Waals surface area contributed by atoms with Crippen LogP contribution < -0.4 is 0 Å². The number of Topliss-reactive ketones (excluding diaryl/α,β-unsaturated/α-hetero) is 1. The number of fused-ring (bicyclic) bond motifs is 5. The Hall–Kier alpha value is -1.85. The number of hydrogen-bond acceptors (Lipinski definition) is 10. The van der Waals surface area contributed by atoms with E-state index < -0.39 is 70.2 Å². The molecule has 10 nitrogen and oxygen atoms in total. The van der Waals surface area contributed by atoms with E-state index in [1.165, 1.54) is 14.0 Å². The Morgan fingerprint density at radius 1 is 1.17 bits per heavy atom. The van der Waals surface area contributed by atoms with Crippen molar-refractivity contribution < 1.29 is 43.5 Å². The quantitative estimate of drug-likeness (QED) is 0.357. The van der Waals surface area contributed by atoms with Gasteiger partial charge in [-0.3, -0.25) is 9.59 Å². The van der Waals surface area contributed by atoms with Gasteiger partial charge in [-0.1, -0.05) is 34.6 Å². The molecular weight excluding hydrogens is 530 g/mol. The van der Waals surface area contributed by atoms with Crippen molar-refractivity contribution >= 4 is 17.7 Å². The van der Waals surface area contributed by atoms with Gasteiger partial charge in [-0.15, -0.1) is 0 Å². The zero-order chi connectivity index (χ0) is 31.0. The normalized spacial score (nSPS) is 43.1. The maximum atomic E-state index is 14.5. The molecule has 2 bridgehead atoms. The number of aliphatic hydroxyl groups excluding tert-OH is 1. The zero-order valence-electron chi connectivity index (χ0n) is 26.4. The lowest BCUT2D eigenvalue weighted by Gasteiger charge is -2.68. The van der Waals surface area contributed by atoms with E-state index in [2.05, 4.69) is 0 Å². The minimum atomic E-state index is -1.56. The number of carbonyl (C=O) groups excluding carboxylic acids is 3. The van der Waals surface area contributed by atoms with Gasteiger partial charge in [0.25, 0.3) is 0 Å². The maximum absolute atomic E-state index is 14.5. The minimum Gasteiger partial charge on any atom is -0.456 e. The zero-order valence-corrected chi connectivity index (χ0v) is 26.4. The van der Waals surface area contributed by atoms with Crippen LogP contribution in [-0.4, -0.2) is 102 Å². The first kappa shape index (κ1) is 32.1. The number of carbonyl (C=O) groups is 3. The number of likely N-dealkylation sites (N-methyl/N-ethyl adjacent to an activating group) is 1. The molecule has 1 aliphatic heterocycles. The Kier molecular flexibility index (Phi) is 8.14. The van der Waals surface area contributed by atoms with E-state index in [0.717, 1.165) is 0 Å². The van der Waals surface area contributed by atoms with Crippen LogP contribution in [0.15, 0.2) is 11.1 Å². The Morgan fingerprint density at radius 2 is 1.78 bits per heavy atom. The molecule has 0 aromatic carbocycles. The fourth-order valence-electron chi connectivity index (χ4n) is 8.77. The summed E-state index contributed by atoms with van der Waals surface area (Å²) in [6.07, 6.45) is -3.25. The van der Waals surface area contributed by atoms with Crippen LogP contribution in [0.3, 0.4) is 0 Å². The van der Waals surface area contributed by atoms with E-state index >= 15 is 0 Å². The highest BCUT2D eigenvalue weighted by Crippen LogP contribution is 2.66. The van der Waals surface area contributed by atoms with Crippen LogP contribution in [0.4, 0.5) is 0 Å². The molecule has 0 aromatic rings. The highest BCUT2D eigenvalue weighted by molar-refractivity contribution is 5.93. The van der Waals surface area contributed by atoms with Crippen LogP contribution in [0.2, 0.25) is 0 Å². The summed E-state index contributed by atoms with van der Waals surface area (Å²) in [5, 5.41) is 24.7. The Bertz CT molecular complexity index is 1130. The molecule has 11 atom stereocenters. The molecule has 10 heteroatoms. The molecule has 2 saturated carbocycles. The maximum Gasteiger partial charge on any atom is 0.337 e. The second-order valence-corrected chi connectivity index (χ2v) is 13.9. The minimum absolute atomic E-state index is 0.0402. The van der Waals surface area contributed by atoms with Crippen molar-refractivity contribution in [3.05, 3.63) is 11.1 Å². The summed E-state index contributed by atoms with van der Waals surface area (Å²) in [7, 11) is 5.12. The van der Waals surface area contributed by atoms with Gasteiger partial charge in [-0.25, -0.2) is 4.79 Å². The monoisotopic (exact) mass is 579 g/mol. The lowest BCUT2D eigenvalue weighted by molar-refractivity contribution is -0.332. The average Bonchev–Trinajstić information content (AvgIpc) is 2.87. The summed E-state index contributed by atoms with van der Waals surface area (Å²) in [5.74, 6) is -2.96. The molecule has 1 heterocycles. The van der Waals surface area contributed by atoms with Crippen LogP contribution in [0.25, 0.3) is 0 Å². The lowest BCUT2D eigenvalue weighted by atomic mass is 9.41. The van der Waals surface area contributed by atoms with Crippen LogP contribution in [0.5, 0.6) is 0 Å². The second-order valence-electron chi connectivity index (χ2n) is 13.9. The molecule has 4 rings (SSSR count). The molecule has 3 fully saturated rings. The summed E-state index contributed by atoms with van der Waals surface area (Å²) >= 11 is 0. The third-order valence-corrected chi connectivity index (χ3v) is 11.6. The number of methoxy groups -OCH3 is 1. The lowest BCUT2D eigenvalue weighted by Crippen LogP contribution is -2.78. The topological polar surface area (TPSA) is 132 Å². The number of nitrogens with zero attached hydrogens (tertiary/aromatic N) is 1. The van der Waals surface area contributed by atoms with Crippen molar-refractivity contribution in [1.29, 1.82) is 0 Å². The summed E-state index contributed by atoms with van der Waals surface area (Å²) in [5.41, 5.74) is -3.97. The Morgan fingerprint density at radius 3 is 2.27 bits per heavy atom. The third-order valence-electron chi connectivity index (χ3n) is 11.6. The van der Waals surface area contributed by atoms with Crippen molar-refractivity contribution in [2.75, 3.05) is 27.8 Å². The highest BCUT2D eigenvalue weighted by Gasteiger charge is 2.75. The number of hydrogen-bond donors (Lipinski definition) is 2. The van der Waals surface area contributed by atoms with E-state index in [9.17, 15) is 24.6 Å². The van der Waals surface area contributed by atoms with E-state index in [4.69, 9.17) is 18.9 Å². The second kappa shape index (κ2) is 10.4. The summed E-state index contributed by atoms with van der Waals surface area (Å²) in [6.45, 7) is 14.4. The van der Waals surface area contributed by atoms with Gasteiger partial charge in [0.2, 0.25) is 0 Å². The molecule has 232 valence electrons. The molecule has 8 unspecified atom stereocenters. The fourth-order valence-corrected chi connectivity index (χ4v) is 8.77. The molecular formula is C31H49NO9. The molecule has 4 aliphatic rings. The van der Waals surface area contributed by atoms with Gasteiger partial charge >= 0.3 is 11.9 Å². The fraction of sp³-hybridized carbons (Fsp3) is 0.839. The molecule has 3 aliphatic carbocycles. The predicted molar refractivity (Wildman–Crippen MR) is 150 cm³/mol. The first-order chi connectivity index (χ1) is 18.8. The van der Waals surface area contributed by atoms with Gasteiger partial charge in [0.1, 0.15) is 18.3 Å². The molecule has 1 saturated heterocycles. The summed E-state index contributed by atoms with van der Waals surface area (Å²) in [6, 6.07) is -0.288. The average molecular weight is 580 g/mol. The van der Waals surface area contributed by atoms with Crippen LogP contribution in [-0.2, 0) is 33.3 Å². The number of esters is 2. The van der Waals surface area contributed by atoms with Crippen molar-refractivity contribution in [2.45, 2.75) is 110 Å². The van der Waals surface area contributed by atoms with E-state index in [-0.39, 0.29) is 30.8 Å². The first-order valence-electron chi connectivity index (χ1n) is 14.7. The smallest absolute Gasteiger partial charge is 0.337 e. The van der Waals surface area contributed by atoms with Crippen LogP contribution >= 0.6 is 0 Å². The summed E-state index contributed by atoms with van der Waals surface area (Å²) in [4.78, 5) is 42.2. The van der Waals surface area contributed by atoms with Gasteiger partial charge in [0.05, 0.1) is 12.2 Å². The Labute approximate surface area is 243 Å². The first-order valence-corrected chi connectivity index (χ1v) is 14.7. The third kappa shape index (κ3) is 4.34. The van der Waals surface area contributed by atoms with Crippen LogP contribution in [0.1, 0.15) is 68.2 Å². The molecule has 0 aromatic heterocycles. The molecule has 0 spiro atoms. The predicted octanol–water partition coefficient (Wildman–Crippen LogP) is 2.28. The largest absolute Gasteiger partial charge is 0.456 e. The van der Waals surface area contributed by atoms with Gasteiger partial charge in [-0.2, -0.15) is 0 Å². The standard InChI is InChI=1S/C31H49NO9/c1-15-12-21-30(14-39-21,41-19(5)33)25-17(3)31(37)13-20(40-27(36)24(38-11)18(4)32(9)10)16(2)22(28(31,6)7)23(34)26(35)29(15,25)8/h15,17-18,20-21,23-25,34,37H,12-14H2,1-11H3/t15-,17?,18?,20?,21?,23?,24?,25?,29+,30-,31?/m0/s1. The van der Waals surface area contributed by atoms with E-state index in [1.54, 1.807) is 6.92 Å². The van der Waals surface area contributed by atoms with Crippen molar-refractivity contribution in [3.63, 3.8) is 0 Å². The van der Waals surface area contributed by atoms with Gasteiger partial charge in [-0.05, 0) is 57.3 Å². The SMILES string of the molecule is COC(C(=O)OC1CC2(O)C(C)C3[C@]4(OC(C)=O)COC4C[C@H](C)[C@@]3(C)C(=O)C(O)C(=C1C)C2(C)C)C(C)N(C)C. The van der Waals surface area contributed by atoms with E-state index in [1.807, 2.05) is 60.5 Å². The summed E-state index contributed by atoms with van der Waals surface area (Å²) < 4.78 is 23.5. The van der Waals surface area contributed by atoms with Gasteiger partial charge in [0, 0.05) is 43.2 Å². The Balaban J connectivity index is 1.89. The van der Waals surface area contributed by atoms with Gasteiger partial charge < -0.3 is 34.1 Å². The number of rotatable bonds is 6. The molecule has 0 radical (unpaired) electrons. The number of ether oxygens (including phenoxy) is 4. The van der Waals surface area contributed by atoms with Crippen LogP contribution in [0, 0.1) is 28.6 Å². The number of ketones is 1. The molecule has 41 heavy (non-hydrogen) atoms. The van der Waals surface area contributed by atoms with Crippen molar-refractivity contribution in [2.24, 2.45) is 28.6 Å². The van der Waals surface area contributed by atoms with Gasteiger partial charge in [0.15, 0.2) is 17.5 Å². The highest BCUT2D eigenvalue weighted by atomic mass is 16.6. The van der Waals surface area contributed by atoms with Crippen molar-refractivity contribution in [3.8, 4) is 0 Å².